The summed E-state index contributed by atoms with van der Waals surface area (Å²) in [7, 11) is 0. The lowest BCUT2D eigenvalue weighted by Gasteiger charge is -2.22. The lowest BCUT2D eigenvalue weighted by molar-refractivity contribution is 0.660. The summed E-state index contributed by atoms with van der Waals surface area (Å²) >= 11 is 0. The quantitative estimate of drug-likeness (QED) is 0.180. The van der Waals surface area contributed by atoms with Crippen LogP contribution < -0.4 is 0 Å². The average molecular weight is 753 g/mol. The van der Waals surface area contributed by atoms with Crippen LogP contribution in [0, 0.1) is 0 Å². The molecule has 0 fully saturated rings. The van der Waals surface area contributed by atoms with Crippen LogP contribution in [-0.2, 0) is 5.41 Å². The number of fused-ring (bicyclic) bond motifs is 13. The van der Waals surface area contributed by atoms with E-state index in [1.165, 1.54) is 76.4 Å². The Morgan fingerprint density at radius 2 is 1.03 bits per heavy atom. The van der Waals surface area contributed by atoms with E-state index in [-0.39, 0.29) is 5.41 Å². The first-order chi connectivity index (χ1) is 29.0. The molecule has 276 valence electrons. The van der Waals surface area contributed by atoms with E-state index >= 15 is 0 Å². The first-order valence-corrected chi connectivity index (χ1v) is 20.4. The molecule has 0 saturated heterocycles. The van der Waals surface area contributed by atoms with Crippen molar-refractivity contribution in [2.24, 2.45) is 0 Å². The Kier molecular flexibility index (Phi) is 6.48. The van der Waals surface area contributed by atoms with Gasteiger partial charge in [0.25, 0.3) is 0 Å². The van der Waals surface area contributed by atoms with Crippen LogP contribution in [0.5, 0.6) is 0 Å². The van der Waals surface area contributed by atoms with Gasteiger partial charge in [0.05, 0.1) is 38.8 Å². The molecule has 1 aliphatic carbocycles. The molecule has 0 unspecified atom stereocenters. The average Bonchev–Trinajstić information content (AvgIpc) is 3.88. The van der Waals surface area contributed by atoms with E-state index in [1.807, 2.05) is 0 Å². The van der Waals surface area contributed by atoms with Crippen LogP contribution in [0.4, 0.5) is 0 Å². The Hall–Kier alpha value is -7.56. The van der Waals surface area contributed by atoms with E-state index in [0.29, 0.717) is 0 Å². The molecule has 13 rings (SSSR count). The topological polar surface area (TPSA) is 35.6 Å². The fourth-order valence-electron chi connectivity index (χ4n) is 10.4. The van der Waals surface area contributed by atoms with Crippen molar-refractivity contribution >= 4 is 76.2 Å². The van der Waals surface area contributed by atoms with E-state index < -0.39 is 0 Å². The molecular formula is C55H36N4. The third-order valence-electron chi connectivity index (χ3n) is 13.1. The van der Waals surface area contributed by atoms with Crippen molar-refractivity contribution in [2.45, 2.75) is 19.3 Å². The first kappa shape index (κ1) is 32.5. The number of hydrogen-bond acceptors (Lipinski definition) is 2. The van der Waals surface area contributed by atoms with Gasteiger partial charge in [-0.2, -0.15) is 0 Å². The summed E-state index contributed by atoms with van der Waals surface area (Å²) in [6.07, 6.45) is 0. The predicted molar refractivity (Wildman–Crippen MR) is 246 cm³/mol. The van der Waals surface area contributed by atoms with Crippen molar-refractivity contribution in [2.75, 3.05) is 0 Å². The molecule has 4 heteroatoms. The van der Waals surface area contributed by atoms with Crippen molar-refractivity contribution < 1.29 is 0 Å². The van der Waals surface area contributed by atoms with E-state index in [9.17, 15) is 0 Å². The maximum absolute atomic E-state index is 5.58. The van der Waals surface area contributed by atoms with Crippen LogP contribution in [0.3, 0.4) is 0 Å². The molecule has 0 atom stereocenters. The maximum atomic E-state index is 5.58. The molecule has 0 N–H and O–H groups in total. The molecule has 1 aliphatic rings. The highest BCUT2D eigenvalue weighted by atomic mass is 15.1. The molecule has 4 nitrogen and oxygen atoms in total. The summed E-state index contributed by atoms with van der Waals surface area (Å²) in [5.74, 6) is 0.824. The van der Waals surface area contributed by atoms with E-state index in [2.05, 4.69) is 205 Å². The summed E-state index contributed by atoms with van der Waals surface area (Å²) in [6.45, 7) is 4.67. The zero-order chi connectivity index (χ0) is 39.0. The summed E-state index contributed by atoms with van der Waals surface area (Å²) in [6, 6.07) is 66.3. The highest BCUT2D eigenvalue weighted by molar-refractivity contribution is 6.20. The van der Waals surface area contributed by atoms with Gasteiger partial charge in [-0.25, -0.2) is 9.97 Å². The largest absolute Gasteiger partial charge is 0.308 e. The van der Waals surface area contributed by atoms with Gasteiger partial charge in [-0.05, 0) is 75.5 Å². The first-order valence-electron chi connectivity index (χ1n) is 20.4. The molecule has 12 aromatic rings. The Morgan fingerprint density at radius 1 is 0.407 bits per heavy atom. The van der Waals surface area contributed by atoms with Crippen LogP contribution in [0.2, 0.25) is 0 Å². The molecule has 0 aliphatic heterocycles. The molecule has 0 bridgehead atoms. The molecule has 0 spiro atoms. The second-order valence-electron chi connectivity index (χ2n) is 16.5. The molecule has 3 heterocycles. The number of rotatable bonds is 3. The Labute approximate surface area is 340 Å². The zero-order valence-electron chi connectivity index (χ0n) is 32.6. The van der Waals surface area contributed by atoms with Gasteiger partial charge < -0.3 is 4.57 Å². The van der Waals surface area contributed by atoms with Gasteiger partial charge in [0.15, 0.2) is 5.82 Å². The van der Waals surface area contributed by atoms with Crippen molar-refractivity contribution in [1.82, 2.24) is 19.1 Å². The van der Waals surface area contributed by atoms with Crippen LogP contribution in [0.1, 0.15) is 25.0 Å². The van der Waals surface area contributed by atoms with Gasteiger partial charge in [-0.3, -0.25) is 4.57 Å². The normalized spacial score (nSPS) is 13.4. The van der Waals surface area contributed by atoms with Crippen molar-refractivity contribution in [3.8, 4) is 33.9 Å². The minimum Gasteiger partial charge on any atom is -0.308 e. The van der Waals surface area contributed by atoms with Gasteiger partial charge >= 0.3 is 0 Å². The molecule has 0 radical (unpaired) electrons. The highest BCUT2D eigenvalue weighted by Crippen LogP contribution is 2.52. The molecule has 59 heavy (non-hydrogen) atoms. The Balaban J connectivity index is 1.16. The molecule has 0 saturated carbocycles. The van der Waals surface area contributed by atoms with Crippen LogP contribution in [0.15, 0.2) is 182 Å². The number of aromatic nitrogens is 4. The van der Waals surface area contributed by atoms with Crippen LogP contribution in [0.25, 0.3) is 110 Å². The standard InChI is InChI=1S/C55H36N4/c1-55(2)43-22-8-5-20-39(43)51-40(21-14-23-44(51)55)52-54(57-46-25-10-9-24-45(46)56-52)59-48-27-12-7-19-37(48)42-31-34-16-13-28-49(41(34)32-50(42)59)58-47-26-11-6-18-36(47)38-30-29-33-15-3-4-17-35(33)53(38)58/h3-32H,1-2H3. The van der Waals surface area contributed by atoms with Gasteiger partial charge in [-0.15, -0.1) is 0 Å². The number of benzene rings is 9. The van der Waals surface area contributed by atoms with Gasteiger partial charge in [0.2, 0.25) is 0 Å². The second kappa shape index (κ2) is 11.7. The lowest BCUT2D eigenvalue weighted by Crippen LogP contribution is -2.14. The summed E-state index contributed by atoms with van der Waals surface area (Å²) < 4.78 is 4.87. The van der Waals surface area contributed by atoms with Crippen LogP contribution >= 0.6 is 0 Å². The minimum atomic E-state index is -0.146. The van der Waals surface area contributed by atoms with Crippen molar-refractivity contribution in [3.63, 3.8) is 0 Å². The van der Waals surface area contributed by atoms with E-state index in [4.69, 9.17) is 9.97 Å². The summed E-state index contributed by atoms with van der Waals surface area (Å²) in [4.78, 5) is 11.1. The fraction of sp³-hybridized carbons (Fsp3) is 0.0545. The number of hydrogen-bond donors (Lipinski definition) is 0. The van der Waals surface area contributed by atoms with Crippen LogP contribution in [-0.4, -0.2) is 19.1 Å². The van der Waals surface area contributed by atoms with Gasteiger partial charge in [0, 0.05) is 43.3 Å². The van der Waals surface area contributed by atoms with Crippen molar-refractivity contribution in [1.29, 1.82) is 0 Å². The summed E-state index contributed by atoms with van der Waals surface area (Å²) in [5.41, 5.74) is 14.5. The van der Waals surface area contributed by atoms with Crippen molar-refractivity contribution in [3.05, 3.63) is 193 Å². The zero-order valence-corrected chi connectivity index (χ0v) is 32.6. The third-order valence-corrected chi connectivity index (χ3v) is 13.1. The van der Waals surface area contributed by atoms with Gasteiger partial charge in [-0.1, -0.05) is 153 Å². The Bertz CT molecular complexity index is 3770. The number of nitrogens with zero attached hydrogens (tertiary/aromatic N) is 4. The smallest absolute Gasteiger partial charge is 0.165 e. The Morgan fingerprint density at radius 3 is 1.88 bits per heavy atom. The third kappa shape index (κ3) is 4.38. The highest BCUT2D eigenvalue weighted by Gasteiger charge is 2.37. The van der Waals surface area contributed by atoms with E-state index in [1.54, 1.807) is 0 Å². The lowest BCUT2D eigenvalue weighted by atomic mass is 9.82. The fourth-order valence-corrected chi connectivity index (χ4v) is 10.4. The van der Waals surface area contributed by atoms with E-state index in [0.717, 1.165) is 44.8 Å². The second-order valence-corrected chi connectivity index (χ2v) is 16.5. The molecule has 0 amide bonds. The molecule has 9 aromatic carbocycles. The monoisotopic (exact) mass is 752 g/mol. The maximum Gasteiger partial charge on any atom is 0.165 e. The molecular weight excluding hydrogens is 717 g/mol. The van der Waals surface area contributed by atoms with Gasteiger partial charge in [0.1, 0.15) is 5.69 Å². The SMILES string of the molecule is CC1(C)c2ccccc2-c2c(-c3nc4ccccc4nc3-n3c4ccccc4c4cc5cccc(-n6c7ccccc7c7ccc8ccccc8c76)c5cc43)cccc21. The number of para-hydroxylation sites is 4. The summed E-state index contributed by atoms with van der Waals surface area (Å²) in [5, 5.41) is 9.70. The molecule has 3 aromatic heterocycles. The minimum absolute atomic E-state index is 0.146. The predicted octanol–water partition coefficient (Wildman–Crippen LogP) is 14.1.